The number of aryl methyl sites for hydroxylation is 1. The van der Waals surface area contributed by atoms with Gasteiger partial charge in [0.15, 0.2) is 0 Å². The van der Waals surface area contributed by atoms with Crippen molar-refractivity contribution in [2.45, 2.75) is 25.9 Å². The van der Waals surface area contributed by atoms with Crippen LogP contribution in [-0.4, -0.2) is 19.3 Å². The minimum absolute atomic E-state index is 0.387. The lowest BCUT2D eigenvalue weighted by Gasteiger charge is -2.26. The van der Waals surface area contributed by atoms with Gasteiger partial charge in [0, 0.05) is 19.5 Å². The van der Waals surface area contributed by atoms with Crippen molar-refractivity contribution in [3.8, 4) is 0 Å². The second kappa shape index (κ2) is 5.28. The van der Waals surface area contributed by atoms with E-state index in [2.05, 4.69) is 48.4 Å². The van der Waals surface area contributed by atoms with Gasteiger partial charge < -0.3 is 0 Å². The SMILES string of the molecule is C=C1CNC(Cc2ccc(CC)cc2)NC1. The molecule has 1 saturated heterocycles. The lowest BCUT2D eigenvalue weighted by Crippen LogP contribution is -2.50. The van der Waals surface area contributed by atoms with Crippen LogP contribution in [0.5, 0.6) is 0 Å². The molecule has 0 saturated carbocycles. The van der Waals surface area contributed by atoms with Crippen LogP contribution in [0.2, 0.25) is 0 Å². The summed E-state index contributed by atoms with van der Waals surface area (Å²) in [5.74, 6) is 0. The highest BCUT2D eigenvalue weighted by molar-refractivity contribution is 5.23. The molecular weight excluding hydrogens is 196 g/mol. The van der Waals surface area contributed by atoms with Crippen LogP contribution < -0.4 is 10.6 Å². The third kappa shape index (κ3) is 2.94. The Hall–Kier alpha value is -1.12. The van der Waals surface area contributed by atoms with Gasteiger partial charge in [-0.3, -0.25) is 10.6 Å². The van der Waals surface area contributed by atoms with Crippen molar-refractivity contribution in [1.82, 2.24) is 10.6 Å². The zero-order valence-electron chi connectivity index (χ0n) is 9.92. The zero-order valence-corrected chi connectivity index (χ0v) is 9.92. The van der Waals surface area contributed by atoms with E-state index in [0.717, 1.165) is 25.9 Å². The first-order chi connectivity index (χ1) is 7.78. The van der Waals surface area contributed by atoms with Crippen molar-refractivity contribution < 1.29 is 0 Å². The third-order valence-corrected chi connectivity index (χ3v) is 3.07. The van der Waals surface area contributed by atoms with E-state index in [-0.39, 0.29) is 0 Å². The Kier molecular flexibility index (Phi) is 3.75. The molecule has 0 aliphatic carbocycles. The predicted molar refractivity (Wildman–Crippen MR) is 68.5 cm³/mol. The fraction of sp³-hybridized carbons (Fsp3) is 0.429. The van der Waals surface area contributed by atoms with Crippen molar-refractivity contribution in [2.75, 3.05) is 13.1 Å². The summed E-state index contributed by atoms with van der Waals surface area (Å²) in [7, 11) is 0. The molecule has 0 spiro atoms. The minimum Gasteiger partial charge on any atom is -0.298 e. The number of hydrogen-bond acceptors (Lipinski definition) is 2. The molecule has 1 heterocycles. The van der Waals surface area contributed by atoms with Crippen molar-refractivity contribution in [3.63, 3.8) is 0 Å². The fourth-order valence-corrected chi connectivity index (χ4v) is 1.96. The molecule has 86 valence electrons. The molecule has 0 aromatic heterocycles. The monoisotopic (exact) mass is 216 g/mol. The highest BCUT2D eigenvalue weighted by Crippen LogP contribution is 2.08. The molecule has 1 aromatic carbocycles. The Labute approximate surface area is 97.8 Å². The van der Waals surface area contributed by atoms with E-state index in [1.54, 1.807) is 0 Å². The molecule has 1 fully saturated rings. The van der Waals surface area contributed by atoms with E-state index < -0.39 is 0 Å². The molecule has 0 unspecified atom stereocenters. The summed E-state index contributed by atoms with van der Waals surface area (Å²) < 4.78 is 0. The van der Waals surface area contributed by atoms with Crippen LogP contribution in [0.3, 0.4) is 0 Å². The Bertz CT molecular complexity index is 344. The average Bonchev–Trinajstić information content (AvgIpc) is 2.33. The normalized spacial score (nSPS) is 17.7. The van der Waals surface area contributed by atoms with Gasteiger partial charge in [0.05, 0.1) is 6.17 Å². The predicted octanol–water partition coefficient (Wildman–Crippen LogP) is 1.87. The molecule has 2 N–H and O–H groups in total. The van der Waals surface area contributed by atoms with Crippen molar-refractivity contribution >= 4 is 0 Å². The van der Waals surface area contributed by atoms with E-state index in [1.807, 2.05) is 0 Å². The molecule has 0 bridgehead atoms. The second-order valence-electron chi connectivity index (χ2n) is 4.44. The van der Waals surface area contributed by atoms with Gasteiger partial charge >= 0.3 is 0 Å². The van der Waals surface area contributed by atoms with Gasteiger partial charge in [-0.05, 0) is 23.1 Å². The van der Waals surface area contributed by atoms with Gasteiger partial charge in [0.2, 0.25) is 0 Å². The molecule has 0 radical (unpaired) electrons. The van der Waals surface area contributed by atoms with Gasteiger partial charge in [-0.2, -0.15) is 0 Å². The summed E-state index contributed by atoms with van der Waals surface area (Å²) in [6.45, 7) is 8.01. The van der Waals surface area contributed by atoms with E-state index in [4.69, 9.17) is 0 Å². The minimum atomic E-state index is 0.387. The Morgan fingerprint density at radius 1 is 1.12 bits per heavy atom. The molecule has 2 heteroatoms. The third-order valence-electron chi connectivity index (χ3n) is 3.07. The average molecular weight is 216 g/mol. The topological polar surface area (TPSA) is 24.1 Å². The Balaban J connectivity index is 1.90. The van der Waals surface area contributed by atoms with Crippen LogP contribution in [0.4, 0.5) is 0 Å². The van der Waals surface area contributed by atoms with E-state index in [9.17, 15) is 0 Å². The molecule has 1 aromatic rings. The number of rotatable bonds is 3. The van der Waals surface area contributed by atoms with Crippen molar-refractivity contribution in [3.05, 3.63) is 47.5 Å². The maximum atomic E-state index is 3.95. The van der Waals surface area contributed by atoms with Gasteiger partial charge in [0.25, 0.3) is 0 Å². The van der Waals surface area contributed by atoms with Crippen molar-refractivity contribution in [2.24, 2.45) is 0 Å². The summed E-state index contributed by atoms with van der Waals surface area (Å²) in [5, 5.41) is 6.87. The Morgan fingerprint density at radius 2 is 1.69 bits per heavy atom. The van der Waals surface area contributed by atoms with E-state index >= 15 is 0 Å². The molecular formula is C14H20N2. The lowest BCUT2D eigenvalue weighted by atomic mass is 10.1. The van der Waals surface area contributed by atoms with E-state index in [0.29, 0.717) is 6.17 Å². The standard InChI is InChI=1S/C14H20N2/c1-3-12-4-6-13(7-5-12)8-14-15-9-11(2)10-16-14/h4-7,14-16H,2-3,8-10H2,1H3. The van der Waals surface area contributed by atoms with Crippen LogP contribution in [-0.2, 0) is 12.8 Å². The van der Waals surface area contributed by atoms with Gasteiger partial charge in [0.1, 0.15) is 0 Å². The summed E-state index contributed by atoms with van der Waals surface area (Å²) in [6, 6.07) is 8.89. The number of nitrogens with one attached hydrogen (secondary N) is 2. The lowest BCUT2D eigenvalue weighted by molar-refractivity contribution is 0.414. The first-order valence-electron chi connectivity index (χ1n) is 5.99. The van der Waals surface area contributed by atoms with Gasteiger partial charge in [-0.25, -0.2) is 0 Å². The first kappa shape index (κ1) is 11.4. The van der Waals surface area contributed by atoms with Crippen LogP contribution >= 0.6 is 0 Å². The molecule has 0 atom stereocenters. The highest BCUT2D eigenvalue weighted by atomic mass is 15.1. The largest absolute Gasteiger partial charge is 0.298 e. The smallest absolute Gasteiger partial charge is 0.0618 e. The summed E-state index contributed by atoms with van der Waals surface area (Å²) in [6.07, 6.45) is 2.54. The highest BCUT2D eigenvalue weighted by Gasteiger charge is 2.13. The summed E-state index contributed by atoms with van der Waals surface area (Å²) in [4.78, 5) is 0. The van der Waals surface area contributed by atoms with Crippen molar-refractivity contribution in [1.29, 1.82) is 0 Å². The van der Waals surface area contributed by atoms with Crippen LogP contribution in [0.1, 0.15) is 18.1 Å². The molecule has 2 rings (SSSR count). The molecule has 2 nitrogen and oxygen atoms in total. The summed E-state index contributed by atoms with van der Waals surface area (Å²) in [5.41, 5.74) is 4.02. The summed E-state index contributed by atoms with van der Waals surface area (Å²) >= 11 is 0. The molecule has 1 aliphatic heterocycles. The Morgan fingerprint density at radius 3 is 2.25 bits per heavy atom. The quantitative estimate of drug-likeness (QED) is 0.754. The molecule has 16 heavy (non-hydrogen) atoms. The van der Waals surface area contributed by atoms with Crippen LogP contribution in [0, 0.1) is 0 Å². The van der Waals surface area contributed by atoms with E-state index in [1.165, 1.54) is 16.7 Å². The van der Waals surface area contributed by atoms with Gasteiger partial charge in [-0.1, -0.05) is 37.8 Å². The maximum absolute atomic E-state index is 3.95. The number of hydrogen-bond donors (Lipinski definition) is 2. The maximum Gasteiger partial charge on any atom is 0.0618 e. The first-order valence-corrected chi connectivity index (χ1v) is 5.99. The van der Waals surface area contributed by atoms with Crippen LogP contribution in [0.25, 0.3) is 0 Å². The number of benzene rings is 1. The second-order valence-corrected chi connectivity index (χ2v) is 4.44. The molecule has 1 aliphatic rings. The molecule has 0 amide bonds. The fourth-order valence-electron chi connectivity index (χ4n) is 1.96. The van der Waals surface area contributed by atoms with Crippen LogP contribution in [0.15, 0.2) is 36.4 Å². The zero-order chi connectivity index (χ0) is 11.4. The van der Waals surface area contributed by atoms with Gasteiger partial charge in [-0.15, -0.1) is 0 Å².